The third-order valence-electron chi connectivity index (χ3n) is 3.23. The van der Waals surface area contributed by atoms with Crippen LogP contribution in [0.15, 0.2) is 54.6 Å². The summed E-state index contributed by atoms with van der Waals surface area (Å²) in [7, 11) is 0. The maximum absolute atomic E-state index is 11.9. The van der Waals surface area contributed by atoms with E-state index in [4.69, 9.17) is 16.3 Å². The van der Waals surface area contributed by atoms with Crippen LogP contribution >= 0.6 is 11.6 Å². The molecule has 0 saturated carbocycles. The summed E-state index contributed by atoms with van der Waals surface area (Å²) in [6.45, 7) is 0.968. The van der Waals surface area contributed by atoms with Crippen molar-refractivity contribution < 1.29 is 19.1 Å². The fraction of sp³-hybridized carbons (Fsp3) is 0.167. The number of halogens is 1. The van der Waals surface area contributed by atoms with Crippen molar-refractivity contribution in [1.29, 1.82) is 0 Å². The number of benzene rings is 2. The first-order valence-electron chi connectivity index (χ1n) is 7.79. The molecule has 0 bridgehead atoms. The van der Waals surface area contributed by atoms with Gasteiger partial charge in [0.05, 0.1) is 10.7 Å². The number of para-hydroxylation sites is 2. The van der Waals surface area contributed by atoms with Gasteiger partial charge >= 0.3 is 12.0 Å². The lowest BCUT2D eigenvalue weighted by atomic mass is 10.3. The molecule has 0 heterocycles. The van der Waals surface area contributed by atoms with Crippen molar-refractivity contribution >= 4 is 40.9 Å². The van der Waals surface area contributed by atoms with E-state index in [1.165, 1.54) is 6.92 Å². The average Bonchev–Trinajstić information content (AvgIpc) is 2.62. The molecule has 0 saturated heterocycles. The Morgan fingerprint density at radius 3 is 2.35 bits per heavy atom. The molecule has 0 aliphatic heterocycles. The monoisotopic (exact) mass is 375 g/mol. The molecule has 136 valence electrons. The first-order valence-corrected chi connectivity index (χ1v) is 8.17. The molecule has 0 spiro atoms. The molecular weight excluding hydrogens is 358 g/mol. The largest absolute Gasteiger partial charge is 0.454 e. The number of anilines is 2. The Morgan fingerprint density at radius 2 is 1.65 bits per heavy atom. The summed E-state index contributed by atoms with van der Waals surface area (Å²) < 4.78 is 4.89. The molecule has 26 heavy (non-hydrogen) atoms. The van der Waals surface area contributed by atoms with E-state index in [0.717, 1.165) is 0 Å². The van der Waals surface area contributed by atoms with Crippen LogP contribution in [-0.2, 0) is 14.3 Å². The van der Waals surface area contributed by atoms with Gasteiger partial charge in [-0.2, -0.15) is 0 Å². The summed E-state index contributed by atoms with van der Waals surface area (Å²) in [5.41, 5.74) is 1.01. The third-order valence-corrected chi connectivity index (χ3v) is 3.56. The van der Waals surface area contributed by atoms with Gasteiger partial charge in [0.1, 0.15) is 6.04 Å². The second-order valence-corrected chi connectivity index (χ2v) is 5.73. The smallest absolute Gasteiger partial charge is 0.328 e. The molecule has 1 atom stereocenters. The van der Waals surface area contributed by atoms with Crippen LogP contribution in [0.2, 0.25) is 5.02 Å². The van der Waals surface area contributed by atoms with E-state index >= 15 is 0 Å². The van der Waals surface area contributed by atoms with Crippen LogP contribution in [0.4, 0.5) is 16.2 Å². The molecule has 8 heteroatoms. The molecule has 2 aromatic rings. The Balaban J connectivity index is 1.75. The quantitative estimate of drug-likeness (QED) is 0.676. The minimum Gasteiger partial charge on any atom is -0.454 e. The van der Waals surface area contributed by atoms with E-state index in [1.54, 1.807) is 48.5 Å². The van der Waals surface area contributed by atoms with E-state index < -0.39 is 30.6 Å². The van der Waals surface area contributed by atoms with Gasteiger partial charge in [-0.3, -0.25) is 4.79 Å². The lowest BCUT2D eigenvalue weighted by Gasteiger charge is -2.14. The highest BCUT2D eigenvalue weighted by molar-refractivity contribution is 6.33. The first kappa shape index (κ1) is 19.3. The van der Waals surface area contributed by atoms with Crippen molar-refractivity contribution in [2.45, 2.75) is 13.0 Å². The van der Waals surface area contributed by atoms with Crippen molar-refractivity contribution in [3.8, 4) is 0 Å². The zero-order valence-corrected chi connectivity index (χ0v) is 14.7. The van der Waals surface area contributed by atoms with E-state index in [-0.39, 0.29) is 0 Å². The van der Waals surface area contributed by atoms with Crippen molar-refractivity contribution in [3.05, 3.63) is 59.6 Å². The Kier molecular flexibility index (Phi) is 6.99. The van der Waals surface area contributed by atoms with Crippen LogP contribution in [0.5, 0.6) is 0 Å². The average molecular weight is 376 g/mol. The molecule has 0 radical (unpaired) electrons. The van der Waals surface area contributed by atoms with Crippen LogP contribution in [0.3, 0.4) is 0 Å². The van der Waals surface area contributed by atoms with Crippen molar-refractivity contribution in [3.63, 3.8) is 0 Å². The van der Waals surface area contributed by atoms with Crippen molar-refractivity contribution in [2.24, 2.45) is 0 Å². The Hall–Kier alpha value is -3.06. The predicted molar refractivity (Wildman–Crippen MR) is 99.1 cm³/mol. The number of carbonyl (C=O) groups is 3. The molecule has 0 aliphatic carbocycles. The van der Waals surface area contributed by atoms with Gasteiger partial charge in [0.25, 0.3) is 5.91 Å². The van der Waals surface area contributed by atoms with Gasteiger partial charge in [0.2, 0.25) is 0 Å². The second-order valence-electron chi connectivity index (χ2n) is 5.32. The molecule has 3 N–H and O–H groups in total. The molecule has 7 nitrogen and oxygen atoms in total. The standard InChI is InChI=1S/C18H18ClN3O4/c1-12(20-18(25)21-13-7-3-2-4-8-13)17(24)26-11-16(23)22-15-10-6-5-9-14(15)19/h2-10,12H,11H2,1H3,(H,22,23)(H2,20,21,25)/t12-/m0/s1. The van der Waals surface area contributed by atoms with Crippen molar-refractivity contribution in [1.82, 2.24) is 5.32 Å². The Bertz CT molecular complexity index is 783. The van der Waals surface area contributed by atoms with Gasteiger partial charge in [0.15, 0.2) is 6.61 Å². The number of urea groups is 1. The minimum atomic E-state index is -0.924. The molecule has 3 amide bonds. The number of hydrogen-bond donors (Lipinski definition) is 3. The fourth-order valence-electron chi connectivity index (χ4n) is 1.95. The van der Waals surface area contributed by atoms with Crippen LogP contribution in [0, 0.1) is 0 Å². The van der Waals surface area contributed by atoms with Gasteiger partial charge in [-0.25, -0.2) is 9.59 Å². The Labute approximate surface area is 155 Å². The first-order chi connectivity index (χ1) is 12.5. The highest BCUT2D eigenvalue weighted by Crippen LogP contribution is 2.20. The van der Waals surface area contributed by atoms with Crippen molar-refractivity contribution in [2.75, 3.05) is 17.2 Å². The van der Waals surface area contributed by atoms with Gasteiger partial charge in [-0.05, 0) is 31.2 Å². The highest BCUT2D eigenvalue weighted by atomic mass is 35.5. The molecule has 2 aromatic carbocycles. The van der Waals surface area contributed by atoms with Crippen LogP contribution in [0.25, 0.3) is 0 Å². The summed E-state index contributed by atoms with van der Waals surface area (Å²) in [6, 6.07) is 14.0. The number of amides is 3. The van der Waals surface area contributed by atoms with Crippen LogP contribution < -0.4 is 16.0 Å². The number of hydrogen-bond acceptors (Lipinski definition) is 4. The third kappa shape index (κ3) is 6.10. The molecular formula is C18H18ClN3O4. The lowest BCUT2D eigenvalue weighted by molar-refractivity contribution is -0.148. The summed E-state index contributed by atoms with van der Waals surface area (Å²) in [5, 5.41) is 7.92. The molecule has 2 rings (SSSR count). The van der Waals surface area contributed by atoms with E-state index in [9.17, 15) is 14.4 Å². The molecule has 0 aromatic heterocycles. The zero-order chi connectivity index (χ0) is 18.9. The minimum absolute atomic E-state index is 0.375. The van der Waals surface area contributed by atoms with E-state index in [0.29, 0.717) is 16.4 Å². The normalized spacial score (nSPS) is 11.2. The lowest BCUT2D eigenvalue weighted by Crippen LogP contribution is -2.42. The number of ether oxygens (including phenoxy) is 1. The maximum Gasteiger partial charge on any atom is 0.328 e. The fourth-order valence-corrected chi connectivity index (χ4v) is 2.14. The molecule has 0 aliphatic rings. The number of nitrogens with one attached hydrogen (secondary N) is 3. The summed E-state index contributed by atoms with van der Waals surface area (Å²) in [5.74, 6) is -1.27. The summed E-state index contributed by atoms with van der Waals surface area (Å²) >= 11 is 5.93. The van der Waals surface area contributed by atoms with Crippen LogP contribution in [-0.4, -0.2) is 30.6 Å². The number of esters is 1. The molecule has 0 unspecified atom stereocenters. The molecule has 0 fully saturated rings. The van der Waals surface area contributed by atoms with Gasteiger partial charge in [-0.1, -0.05) is 41.9 Å². The zero-order valence-electron chi connectivity index (χ0n) is 14.0. The second kappa shape index (κ2) is 9.43. The van der Waals surface area contributed by atoms with Gasteiger partial charge < -0.3 is 20.7 Å². The van der Waals surface area contributed by atoms with Gasteiger partial charge in [-0.15, -0.1) is 0 Å². The van der Waals surface area contributed by atoms with Gasteiger partial charge in [0, 0.05) is 5.69 Å². The number of carbonyl (C=O) groups excluding carboxylic acids is 3. The highest BCUT2D eigenvalue weighted by Gasteiger charge is 2.18. The topological polar surface area (TPSA) is 96.5 Å². The summed E-state index contributed by atoms with van der Waals surface area (Å²) in [6.07, 6.45) is 0. The Morgan fingerprint density at radius 1 is 1.00 bits per heavy atom. The maximum atomic E-state index is 11.9. The van der Waals surface area contributed by atoms with E-state index in [1.807, 2.05) is 6.07 Å². The number of rotatable bonds is 6. The SMILES string of the molecule is C[C@H](NC(=O)Nc1ccccc1)C(=O)OCC(=O)Nc1ccccc1Cl. The summed E-state index contributed by atoms with van der Waals surface area (Å²) in [4.78, 5) is 35.5. The van der Waals surface area contributed by atoms with E-state index in [2.05, 4.69) is 16.0 Å². The van der Waals surface area contributed by atoms with Crippen LogP contribution in [0.1, 0.15) is 6.92 Å². The predicted octanol–water partition coefficient (Wildman–Crippen LogP) is 3.03.